The van der Waals surface area contributed by atoms with Crippen molar-refractivity contribution in [2.24, 2.45) is 0 Å². The third kappa shape index (κ3) is 5.35. The Labute approximate surface area is 171 Å². The Morgan fingerprint density at radius 1 is 1.17 bits per heavy atom. The standard InChI is InChI=1S/C21H26N2O5S/c1-23(29(25,26)20-11-9-18(27-2)10-12-20)15-16-5-7-17(8-6-16)21(24)22-14-19-4-3-13-28-19/h5-12,19H,3-4,13-15H2,1-2H3,(H,22,24)/t19-/m0/s1. The molecule has 0 aliphatic carbocycles. The van der Waals surface area contributed by atoms with Crippen LogP contribution in [0.1, 0.15) is 28.8 Å². The molecule has 8 heteroatoms. The van der Waals surface area contributed by atoms with Crippen LogP contribution in [0.15, 0.2) is 53.4 Å². The molecular weight excluding hydrogens is 392 g/mol. The summed E-state index contributed by atoms with van der Waals surface area (Å²) in [5.41, 5.74) is 1.33. The van der Waals surface area contributed by atoms with Gasteiger partial charge in [-0.05, 0) is 54.8 Å². The molecule has 0 unspecified atom stereocenters. The van der Waals surface area contributed by atoms with Gasteiger partial charge in [0.2, 0.25) is 10.0 Å². The number of hydrogen-bond acceptors (Lipinski definition) is 5. The monoisotopic (exact) mass is 418 g/mol. The summed E-state index contributed by atoms with van der Waals surface area (Å²) in [5.74, 6) is 0.436. The highest BCUT2D eigenvalue weighted by Crippen LogP contribution is 2.20. The number of ether oxygens (including phenoxy) is 2. The summed E-state index contributed by atoms with van der Waals surface area (Å²) in [5, 5.41) is 2.88. The lowest BCUT2D eigenvalue weighted by Crippen LogP contribution is -2.31. The molecule has 0 radical (unpaired) electrons. The second kappa shape index (κ2) is 9.39. The molecule has 3 rings (SSSR count). The van der Waals surface area contributed by atoms with Crippen molar-refractivity contribution in [2.75, 3.05) is 27.3 Å². The van der Waals surface area contributed by atoms with E-state index in [9.17, 15) is 13.2 Å². The predicted octanol–water partition coefficient (Wildman–Crippen LogP) is 2.42. The molecule has 156 valence electrons. The summed E-state index contributed by atoms with van der Waals surface area (Å²) in [6.45, 7) is 1.46. The number of methoxy groups -OCH3 is 1. The van der Waals surface area contributed by atoms with Gasteiger partial charge in [0.05, 0.1) is 18.1 Å². The zero-order valence-corrected chi connectivity index (χ0v) is 17.4. The van der Waals surface area contributed by atoms with Crippen LogP contribution in [0.5, 0.6) is 5.75 Å². The average molecular weight is 419 g/mol. The van der Waals surface area contributed by atoms with Crippen LogP contribution in [0.3, 0.4) is 0 Å². The van der Waals surface area contributed by atoms with Gasteiger partial charge < -0.3 is 14.8 Å². The Hall–Kier alpha value is -2.42. The van der Waals surface area contributed by atoms with Crippen molar-refractivity contribution in [3.05, 3.63) is 59.7 Å². The molecule has 1 atom stereocenters. The van der Waals surface area contributed by atoms with Crippen molar-refractivity contribution in [1.29, 1.82) is 0 Å². The van der Waals surface area contributed by atoms with E-state index in [1.54, 1.807) is 36.4 Å². The topological polar surface area (TPSA) is 84.9 Å². The number of benzene rings is 2. The largest absolute Gasteiger partial charge is 0.497 e. The zero-order chi connectivity index (χ0) is 20.9. The van der Waals surface area contributed by atoms with Crippen LogP contribution < -0.4 is 10.1 Å². The van der Waals surface area contributed by atoms with Crippen LogP contribution in [-0.2, 0) is 21.3 Å². The fraction of sp³-hybridized carbons (Fsp3) is 0.381. The molecule has 1 N–H and O–H groups in total. The van der Waals surface area contributed by atoms with Crippen molar-refractivity contribution in [3.63, 3.8) is 0 Å². The molecule has 0 bridgehead atoms. The molecule has 2 aromatic rings. The molecule has 0 saturated carbocycles. The van der Waals surface area contributed by atoms with E-state index in [0.717, 1.165) is 25.0 Å². The van der Waals surface area contributed by atoms with E-state index in [2.05, 4.69) is 5.32 Å². The highest BCUT2D eigenvalue weighted by atomic mass is 32.2. The molecular formula is C21H26N2O5S. The third-order valence-corrected chi connectivity index (χ3v) is 6.72. The van der Waals surface area contributed by atoms with Crippen molar-refractivity contribution in [3.8, 4) is 5.75 Å². The maximum Gasteiger partial charge on any atom is 0.251 e. The number of nitrogens with zero attached hydrogens (tertiary/aromatic N) is 1. The first-order chi connectivity index (χ1) is 13.9. The Balaban J connectivity index is 1.59. The minimum absolute atomic E-state index is 0.0926. The first-order valence-corrected chi connectivity index (χ1v) is 10.9. The van der Waals surface area contributed by atoms with E-state index in [4.69, 9.17) is 9.47 Å². The lowest BCUT2D eigenvalue weighted by atomic mass is 10.1. The van der Waals surface area contributed by atoms with E-state index in [-0.39, 0.29) is 23.5 Å². The first-order valence-electron chi connectivity index (χ1n) is 9.49. The molecule has 0 aromatic heterocycles. The lowest BCUT2D eigenvalue weighted by molar-refractivity contribution is 0.0858. The summed E-state index contributed by atoms with van der Waals surface area (Å²) in [6.07, 6.45) is 2.09. The van der Waals surface area contributed by atoms with Crippen LogP contribution in [-0.4, -0.2) is 52.0 Å². The highest BCUT2D eigenvalue weighted by Gasteiger charge is 2.21. The summed E-state index contributed by atoms with van der Waals surface area (Å²) < 4.78 is 37.3. The van der Waals surface area contributed by atoms with Crippen molar-refractivity contribution in [2.45, 2.75) is 30.4 Å². The van der Waals surface area contributed by atoms with Gasteiger partial charge in [-0.1, -0.05) is 12.1 Å². The van der Waals surface area contributed by atoms with Gasteiger partial charge in [-0.15, -0.1) is 0 Å². The van der Waals surface area contributed by atoms with Crippen LogP contribution in [0.2, 0.25) is 0 Å². The normalized spacial score (nSPS) is 16.7. The first kappa shape index (κ1) is 21.3. The summed E-state index contributed by atoms with van der Waals surface area (Å²) in [7, 11) is -0.563. The van der Waals surface area contributed by atoms with E-state index in [1.165, 1.54) is 30.6 Å². The molecule has 1 aliphatic rings. The third-order valence-electron chi connectivity index (χ3n) is 4.90. The number of hydrogen-bond donors (Lipinski definition) is 1. The Kier molecular flexibility index (Phi) is 6.89. The van der Waals surface area contributed by atoms with Gasteiger partial charge in [0.15, 0.2) is 0 Å². The number of nitrogens with one attached hydrogen (secondary N) is 1. The van der Waals surface area contributed by atoms with Gasteiger partial charge in [0, 0.05) is 32.3 Å². The van der Waals surface area contributed by atoms with Gasteiger partial charge in [0.25, 0.3) is 5.91 Å². The highest BCUT2D eigenvalue weighted by molar-refractivity contribution is 7.89. The van der Waals surface area contributed by atoms with Gasteiger partial charge in [-0.2, -0.15) is 4.31 Å². The van der Waals surface area contributed by atoms with Crippen LogP contribution >= 0.6 is 0 Å². The van der Waals surface area contributed by atoms with Crippen molar-refractivity contribution in [1.82, 2.24) is 9.62 Å². The summed E-state index contributed by atoms with van der Waals surface area (Å²) in [4.78, 5) is 12.4. The number of rotatable bonds is 8. The van der Waals surface area contributed by atoms with Gasteiger partial charge in [-0.25, -0.2) is 8.42 Å². The molecule has 1 heterocycles. The molecule has 29 heavy (non-hydrogen) atoms. The molecule has 2 aromatic carbocycles. The second-order valence-electron chi connectivity index (χ2n) is 6.98. The Bertz CT molecular complexity index is 921. The number of carbonyl (C=O) groups excluding carboxylic acids is 1. The van der Waals surface area contributed by atoms with Gasteiger partial charge in [-0.3, -0.25) is 4.79 Å². The SMILES string of the molecule is COc1ccc(S(=O)(=O)N(C)Cc2ccc(C(=O)NC[C@@H]3CCCO3)cc2)cc1. The molecule has 1 saturated heterocycles. The Morgan fingerprint density at radius 3 is 2.45 bits per heavy atom. The minimum atomic E-state index is -3.62. The van der Waals surface area contributed by atoms with E-state index < -0.39 is 10.0 Å². The summed E-state index contributed by atoms with van der Waals surface area (Å²) in [6, 6.07) is 13.2. The predicted molar refractivity (Wildman–Crippen MR) is 109 cm³/mol. The molecule has 7 nitrogen and oxygen atoms in total. The maximum atomic E-state index is 12.7. The van der Waals surface area contributed by atoms with E-state index >= 15 is 0 Å². The quantitative estimate of drug-likeness (QED) is 0.712. The zero-order valence-electron chi connectivity index (χ0n) is 16.6. The molecule has 1 aliphatic heterocycles. The van der Waals surface area contributed by atoms with Crippen molar-refractivity contribution < 1.29 is 22.7 Å². The maximum absolute atomic E-state index is 12.7. The number of amides is 1. The van der Waals surface area contributed by atoms with Gasteiger partial charge in [0.1, 0.15) is 5.75 Å². The second-order valence-corrected chi connectivity index (χ2v) is 9.02. The van der Waals surface area contributed by atoms with Crippen LogP contribution in [0.4, 0.5) is 0 Å². The van der Waals surface area contributed by atoms with E-state index in [1.807, 2.05) is 0 Å². The van der Waals surface area contributed by atoms with E-state index in [0.29, 0.717) is 17.9 Å². The minimum Gasteiger partial charge on any atom is -0.497 e. The van der Waals surface area contributed by atoms with Crippen LogP contribution in [0.25, 0.3) is 0 Å². The Morgan fingerprint density at radius 2 is 1.86 bits per heavy atom. The fourth-order valence-corrected chi connectivity index (χ4v) is 4.30. The fourth-order valence-electron chi connectivity index (χ4n) is 3.15. The smallest absolute Gasteiger partial charge is 0.251 e. The number of sulfonamides is 1. The van der Waals surface area contributed by atoms with Gasteiger partial charge >= 0.3 is 0 Å². The molecule has 0 spiro atoms. The van der Waals surface area contributed by atoms with Crippen molar-refractivity contribution >= 4 is 15.9 Å². The lowest BCUT2D eigenvalue weighted by Gasteiger charge is -2.18. The van der Waals surface area contributed by atoms with Crippen LogP contribution in [0, 0.1) is 0 Å². The number of carbonyl (C=O) groups is 1. The molecule has 1 amide bonds. The average Bonchev–Trinajstić information content (AvgIpc) is 3.26. The summed E-state index contributed by atoms with van der Waals surface area (Å²) >= 11 is 0. The molecule has 1 fully saturated rings.